The minimum atomic E-state index is -5.26. The third kappa shape index (κ3) is 6.81. The first-order valence-corrected chi connectivity index (χ1v) is 20.6. The molecular formula is C55H25F6N7. The lowest BCUT2D eigenvalue weighted by molar-refractivity contribution is -0.142. The van der Waals surface area contributed by atoms with Crippen LogP contribution in [0.4, 0.5) is 26.3 Å². The lowest BCUT2D eigenvalue weighted by Crippen LogP contribution is -2.16. The van der Waals surface area contributed by atoms with Gasteiger partial charge in [0.05, 0.1) is 91.1 Å². The molecule has 0 aliphatic rings. The molecule has 68 heavy (non-hydrogen) atoms. The molecule has 10 aromatic rings. The van der Waals surface area contributed by atoms with Gasteiger partial charge in [-0.25, -0.2) is 0 Å². The number of para-hydroxylation sites is 2. The maximum atomic E-state index is 15.2. The van der Waals surface area contributed by atoms with Crippen LogP contribution in [-0.4, -0.2) is 9.13 Å². The first-order valence-electron chi connectivity index (χ1n) is 20.6. The smallest absolute Gasteiger partial charge is 0.308 e. The van der Waals surface area contributed by atoms with Crippen molar-refractivity contribution in [3.8, 4) is 75.1 Å². The molecule has 2 aromatic heterocycles. The third-order valence-corrected chi connectivity index (χ3v) is 12.1. The minimum absolute atomic E-state index is 0.154. The van der Waals surface area contributed by atoms with Crippen molar-refractivity contribution >= 4 is 43.6 Å². The predicted molar refractivity (Wildman–Crippen MR) is 245 cm³/mol. The Hall–Kier alpha value is -9.61. The van der Waals surface area contributed by atoms with Crippen molar-refractivity contribution in [2.24, 2.45) is 0 Å². The molecule has 0 unspecified atom stereocenters. The van der Waals surface area contributed by atoms with E-state index in [4.69, 9.17) is 0 Å². The van der Waals surface area contributed by atoms with Gasteiger partial charge in [-0.05, 0) is 113 Å². The molecule has 8 aromatic carbocycles. The van der Waals surface area contributed by atoms with Gasteiger partial charge in [0, 0.05) is 32.7 Å². The van der Waals surface area contributed by atoms with E-state index in [9.17, 15) is 26.3 Å². The van der Waals surface area contributed by atoms with Crippen molar-refractivity contribution < 1.29 is 26.3 Å². The summed E-state index contributed by atoms with van der Waals surface area (Å²) in [5.74, 6) is 0. The fourth-order valence-corrected chi connectivity index (χ4v) is 9.28. The largest absolute Gasteiger partial charge is 0.417 e. The highest BCUT2D eigenvalue weighted by Crippen LogP contribution is 2.49. The Morgan fingerprint density at radius 3 is 1.24 bits per heavy atom. The summed E-state index contributed by atoms with van der Waals surface area (Å²) in [6.45, 7) is 0. The lowest BCUT2D eigenvalue weighted by atomic mass is 9.90. The SMILES string of the molecule is N#Cc1cc(C#N)cc(-c2ccc3c(c2)c2ccccc2n3-c2ccc(-c3c(C(F)(F)F)cccc3C(F)(F)F)c(-n3c4ccccc4c4cc(-c5cc(C#N)cc(C#N)c5)ccc43)c2C#N)c1. The molecule has 0 amide bonds. The Balaban J connectivity index is 1.34. The number of fused-ring (bicyclic) bond motifs is 6. The molecule has 322 valence electrons. The summed E-state index contributed by atoms with van der Waals surface area (Å²) >= 11 is 0. The first-order chi connectivity index (χ1) is 32.8. The van der Waals surface area contributed by atoms with E-state index in [0.717, 1.165) is 0 Å². The van der Waals surface area contributed by atoms with Gasteiger partial charge in [-0.2, -0.15) is 52.7 Å². The second-order valence-electron chi connectivity index (χ2n) is 15.9. The summed E-state index contributed by atoms with van der Waals surface area (Å²) in [7, 11) is 0. The quantitative estimate of drug-likeness (QED) is 0.159. The van der Waals surface area contributed by atoms with E-state index >= 15 is 26.3 Å². The van der Waals surface area contributed by atoms with Gasteiger partial charge < -0.3 is 9.13 Å². The summed E-state index contributed by atoms with van der Waals surface area (Å²) in [6, 6.07) is 48.9. The van der Waals surface area contributed by atoms with Gasteiger partial charge in [0.25, 0.3) is 0 Å². The molecule has 7 nitrogen and oxygen atoms in total. The number of alkyl halides is 6. The fraction of sp³-hybridized carbons (Fsp3) is 0.0364. The summed E-state index contributed by atoms with van der Waals surface area (Å²) in [5, 5.41) is 52.8. The maximum absolute atomic E-state index is 15.2. The molecule has 10 rings (SSSR count). The Kier molecular flexibility index (Phi) is 9.85. The summed E-state index contributed by atoms with van der Waals surface area (Å²) in [6.07, 6.45) is -10.5. The summed E-state index contributed by atoms with van der Waals surface area (Å²) < 4.78 is 94.2. The van der Waals surface area contributed by atoms with Gasteiger partial charge in [0.1, 0.15) is 11.6 Å². The maximum Gasteiger partial charge on any atom is 0.417 e. The number of hydrogen-bond donors (Lipinski definition) is 0. The second-order valence-corrected chi connectivity index (χ2v) is 15.9. The van der Waals surface area contributed by atoms with Crippen molar-refractivity contribution in [3.05, 3.63) is 191 Å². The van der Waals surface area contributed by atoms with E-state index in [1.807, 2.05) is 12.1 Å². The van der Waals surface area contributed by atoms with E-state index < -0.39 is 34.6 Å². The average molecular weight is 898 g/mol. The number of halogens is 6. The molecule has 0 atom stereocenters. The fourth-order valence-electron chi connectivity index (χ4n) is 9.28. The Morgan fingerprint density at radius 2 is 0.794 bits per heavy atom. The number of aromatic nitrogens is 2. The van der Waals surface area contributed by atoms with E-state index in [2.05, 4.69) is 30.3 Å². The van der Waals surface area contributed by atoms with Crippen LogP contribution in [-0.2, 0) is 12.4 Å². The average Bonchev–Trinajstić information content (AvgIpc) is 3.86. The molecule has 0 fully saturated rings. The highest BCUT2D eigenvalue weighted by atomic mass is 19.4. The van der Waals surface area contributed by atoms with Gasteiger partial charge in [0.2, 0.25) is 0 Å². The van der Waals surface area contributed by atoms with Crippen LogP contribution in [0.1, 0.15) is 38.9 Å². The van der Waals surface area contributed by atoms with Crippen LogP contribution in [0.25, 0.3) is 88.4 Å². The van der Waals surface area contributed by atoms with Crippen molar-refractivity contribution in [2.75, 3.05) is 0 Å². The standard InChI is InChI=1S/C55H25F6N7/c56-54(57,58)45-8-5-9-46(55(59,60)61)52(45)41-14-17-51(67-47-10-3-1-6-39(47)42-24-35(12-15-49(42)67)37-20-31(26-62)18-32(21-37)27-63)44(30-66)53(41)68-48-11-4-2-7-40(48)43-25-36(13-16-50(43)68)38-22-33(28-64)19-34(23-38)29-65/h1-25H. The zero-order valence-corrected chi connectivity index (χ0v) is 34.8. The second kappa shape index (κ2) is 15.8. The van der Waals surface area contributed by atoms with E-state index in [1.54, 1.807) is 102 Å². The molecule has 0 radical (unpaired) electrons. The molecule has 0 saturated carbocycles. The normalized spacial score (nSPS) is 11.6. The van der Waals surface area contributed by atoms with Crippen LogP contribution in [0.2, 0.25) is 0 Å². The number of nitriles is 5. The monoisotopic (exact) mass is 897 g/mol. The molecule has 0 saturated heterocycles. The highest BCUT2D eigenvalue weighted by molar-refractivity contribution is 6.13. The van der Waals surface area contributed by atoms with E-state index in [-0.39, 0.29) is 39.2 Å². The molecule has 0 aliphatic carbocycles. The third-order valence-electron chi connectivity index (χ3n) is 12.1. The Labute approximate surface area is 382 Å². The van der Waals surface area contributed by atoms with Crippen molar-refractivity contribution in [2.45, 2.75) is 12.4 Å². The zero-order valence-electron chi connectivity index (χ0n) is 34.8. The zero-order chi connectivity index (χ0) is 47.6. The van der Waals surface area contributed by atoms with Gasteiger partial charge in [-0.1, -0.05) is 60.7 Å². The summed E-state index contributed by atoms with van der Waals surface area (Å²) in [4.78, 5) is 0. The number of nitrogens with zero attached hydrogens (tertiary/aromatic N) is 7. The van der Waals surface area contributed by atoms with Gasteiger partial charge in [0.15, 0.2) is 0 Å². The van der Waals surface area contributed by atoms with Crippen LogP contribution < -0.4 is 0 Å². The lowest BCUT2D eigenvalue weighted by Gasteiger charge is -2.24. The first kappa shape index (κ1) is 42.3. The Morgan fingerprint density at radius 1 is 0.368 bits per heavy atom. The molecule has 0 spiro atoms. The molecule has 0 aliphatic heterocycles. The summed E-state index contributed by atoms with van der Waals surface area (Å²) in [5.41, 5.74) is 0.0298. The van der Waals surface area contributed by atoms with Gasteiger partial charge in [-0.3, -0.25) is 0 Å². The van der Waals surface area contributed by atoms with Crippen molar-refractivity contribution in [1.82, 2.24) is 9.13 Å². The van der Waals surface area contributed by atoms with E-state index in [0.29, 0.717) is 84.1 Å². The topological polar surface area (TPSA) is 129 Å². The van der Waals surface area contributed by atoms with Gasteiger partial charge in [-0.15, -0.1) is 0 Å². The van der Waals surface area contributed by atoms with Crippen LogP contribution >= 0.6 is 0 Å². The predicted octanol–water partition coefficient (Wildman–Crippen LogP) is 14.3. The molecule has 13 heteroatoms. The number of benzene rings is 8. The van der Waals surface area contributed by atoms with Crippen LogP contribution in [0.5, 0.6) is 0 Å². The highest BCUT2D eigenvalue weighted by Gasteiger charge is 2.42. The molecule has 2 heterocycles. The molecule has 0 bridgehead atoms. The molecule has 0 N–H and O–H groups in total. The van der Waals surface area contributed by atoms with Crippen LogP contribution in [0, 0.1) is 56.7 Å². The minimum Gasteiger partial charge on any atom is -0.308 e. The van der Waals surface area contributed by atoms with Crippen LogP contribution in [0.3, 0.4) is 0 Å². The van der Waals surface area contributed by atoms with Crippen molar-refractivity contribution in [3.63, 3.8) is 0 Å². The van der Waals surface area contributed by atoms with Gasteiger partial charge >= 0.3 is 12.4 Å². The molecular weight excluding hydrogens is 873 g/mol. The van der Waals surface area contributed by atoms with Crippen LogP contribution in [0.15, 0.2) is 152 Å². The Bertz CT molecular complexity index is 3930. The van der Waals surface area contributed by atoms with E-state index in [1.165, 1.54) is 28.8 Å². The number of rotatable bonds is 5. The number of hydrogen-bond acceptors (Lipinski definition) is 5. The van der Waals surface area contributed by atoms with Crippen molar-refractivity contribution in [1.29, 1.82) is 26.3 Å².